The zero-order valence-corrected chi connectivity index (χ0v) is 11.6. The first-order chi connectivity index (χ1) is 7.36. The molecule has 0 aliphatic rings. The van der Waals surface area contributed by atoms with Gasteiger partial charge in [0.2, 0.25) is 10.0 Å². The Kier molecular flexibility index (Phi) is 4.35. The summed E-state index contributed by atoms with van der Waals surface area (Å²) in [6, 6.07) is 5.30. The van der Waals surface area contributed by atoms with E-state index < -0.39 is 15.3 Å². The molecule has 0 saturated carbocycles. The summed E-state index contributed by atoms with van der Waals surface area (Å²) < 4.78 is 26.8. The Morgan fingerprint density at radius 3 is 2.62 bits per heavy atom. The summed E-state index contributed by atoms with van der Waals surface area (Å²) in [7, 11) is -3.39. The van der Waals surface area contributed by atoms with E-state index in [1.807, 2.05) is 13.0 Å². The van der Waals surface area contributed by atoms with Gasteiger partial charge >= 0.3 is 0 Å². The smallest absolute Gasteiger partial charge is 0.236 e. The summed E-state index contributed by atoms with van der Waals surface area (Å²) in [6.45, 7) is 3.61. The number of sulfonamides is 1. The lowest BCUT2D eigenvalue weighted by Gasteiger charge is -2.13. The quantitative estimate of drug-likeness (QED) is 0.891. The van der Waals surface area contributed by atoms with Crippen molar-refractivity contribution >= 4 is 31.6 Å². The molecule has 0 aliphatic heterocycles. The van der Waals surface area contributed by atoms with Gasteiger partial charge < -0.3 is 5.73 Å². The Balaban J connectivity index is 2.93. The molecule has 0 heterocycles. The topological polar surface area (TPSA) is 72.2 Å². The first kappa shape index (κ1) is 13.5. The van der Waals surface area contributed by atoms with Crippen molar-refractivity contribution < 1.29 is 8.42 Å². The number of anilines is 1. The lowest BCUT2D eigenvalue weighted by Crippen LogP contribution is -2.31. The highest BCUT2D eigenvalue weighted by Gasteiger charge is 2.18. The second-order valence-corrected chi connectivity index (χ2v) is 6.61. The number of nitrogens with one attached hydrogen (secondary N) is 1. The Bertz CT molecular complexity index is 474. The molecular formula is C10H15BrN2O2S. The zero-order chi connectivity index (χ0) is 12.3. The molecule has 0 bridgehead atoms. The number of halogens is 1. The normalized spacial score (nSPS) is 13.5. The summed E-state index contributed by atoms with van der Waals surface area (Å²) >= 11 is 3.35. The van der Waals surface area contributed by atoms with Crippen LogP contribution < -0.4 is 10.5 Å². The van der Waals surface area contributed by atoms with Crippen LogP contribution in [0.3, 0.4) is 0 Å². The summed E-state index contributed by atoms with van der Waals surface area (Å²) in [6.07, 6.45) is 0. The molecule has 0 aromatic heterocycles. The Morgan fingerprint density at radius 2 is 2.12 bits per heavy atom. The first-order valence-electron chi connectivity index (χ1n) is 4.84. The average molecular weight is 307 g/mol. The third kappa shape index (κ3) is 3.20. The maximum atomic E-state index is 11.7. The molecule has 0 radical (unpaired) electrons. The minimum absolute atomic E-state index is 0.0996. The van der Waals surface area contributed by atoms with Crippen molar-refractivity contribution in [2.24, 2.45) is 5.73 Å². The summed E-state index contributed by atoms with van der Waals surface area (Å²) in [5, 5.41) is -0.604. The molecule has 1 rings (SSSR count). The lowest BCUT2D eigenvalue weighted by atomic mass is 10.2. The fraction of sp³-hybridized carbons (Fsp3) is 0.400. The highest BCUT2D eigenvalue weighted by molar-refractivity contribution is 9.10. The highest BCUT2D eigenvalue weighted by Crippen LogP contribution is 2.21. The molecule has 3 N–H and O–H groups in total. The van der Waals surface area contributed by atoms with Gasteiger partial charge in [0.1, 0.15) is 0 Å². The summed E-state index contributed by atoms with van der Waals surface area (Å²) in [5.74, 6) is 0. The molecule has 16 heavy (non-hydrogen) atoms. The van der Waals surface area contributed by atoms with Gasteiger partial charge in [-0.2, -0.15) is 0 Å². The fourth-order valence-corrected chi connectivity index (χ4v) is 2.34. The number of nitrogens with two attached hydrogens (primary N) is 1. The van der Waals surface area contributed by atoms with Gasteiger partial charge in [-0.05, 0) is 31.5 Å². The lowest BCUT2D eigenvalue weighted by molar-refractivity contribution is 0.589. The van der Waals surface area contributed by atoms with E-state index in [2.05, 4.69) is 20.7 Å². The molecule has 1 unspecified atom stereocenters. The molecule has 0 spiro atoms. The highest BCUT2D eigenvalue weighted by atomic mass is 79.9. The van der Waals surface area contributed by atoms with Crippen molar-refractivity contribution in [3.63, 3.8) is 0 Å². The summed E-state index contributed by atoms with van der Waals surface area (Å²) in [5.41, 5.74) is 6.93. The minimum Gasteiger partial charge on any atom is -0.329 e. The number of hydrogen-bond acceptors (Lipinski definition) is 3. The molecule has 6 heteroatoms. The van der Waals surface area contributed by atoms with Crippen LogP contribution in [-0.2, 0) is 10.0 Å². The fourth-order valence-electron chi connectivity index (χ4n) is 1.05. The summed E-state index contributed by atoms with van der Waals surface area (Å²) in [4.78, 5) is 0. The van der Waals surface area contributed by atoms with Crippen LogP contribution in [0.25, 0.3) is 0 Å². The maximum absolute atomic E-state index is 11.7. The van der Waals surface area contributed by atoms with E-state index in [-0.39, 0.29) is 6.54 Å². The van der Waals surface area contributed by atoms with Crippen molar-refractivity contribution in [3.8, 4) is 0 Å². The monoisotopic (exact) mass is 306 g/mol. The number of hydrogen-bond donors (Lipinski definition) is 2. The third-order valence-electron chi connectivity index (χ3n) is 2.29. The largest absolute Gasteiger partial charge is 0.329 e. The van der Waals surface area contributed by atoms with Gasteiger partial charge in [-0.25, -0.2) is 8.42 Å². The van der Waals surface area contributed by atoms with Crippen molar-refractivity contribution in [3.05, 3.63) is 28.2 Å². The first-order valence-corrected chi connectivity index (χ1v) is 7.18. The van der Waals surface area contributed by atoms with Crippen LogP contribution in [0.4, 0.5) is 5.69 Å². The molecule has 1 atom stereocenters. The third-order valence-corrected chi connectivity index (χ3v) is 4.92. The van der Waals surface area contributed by atoms with Crippen LogP contribution >= 0.6 is 15.9 Å². The molecule has 1 aromatic rings. The molecule has 0 amide bonds. The second kappa shape index (κ2) is 5.16. The minimum atomic E-state index is -3.39. The van der Waals surface area contributed by atoms with E-state index in [4.69, 9.17) is 5.73 Å². The molecule has 4 nitrogen and oxygen atoms in total. The molecule has 0 fully saturated rings. The van der Waals surface area contributed by atoms with E-state index in [1.54, 1.807) is 19.1 Å². The van der Waals surface area contributed by atoms with Crippen LogP contribution in [0.15, 0.2) is 22.7 Å². The zero-order valence-electron chi connectivity index (χ0n) is 9.20. The number of aryl methyl sites for hydroxylation is 1. The molecule has 1 aromatic carbocycles. The second-order valence-electron chi connectivity index (χ2n) is 3.66. The van der Waals surface area contributed by atoms with Crippen molar-refractivity contribution in [1.82, 2.24) is 0 Å². The molecule has 0 aliphatic carbocycles. The van der Waals surface area contributed by atoms with E-state index in [0.717, 1.165) is 10.0 Å². The van der Waals surface area contributed by atoms with Crippen LogP contribution in [0, 0.1) is 6.92 Å². The molecule has 0 saturated heterocycles. The Morgan fingerprint density at radius 1 is 1.50 bits per heavy atom. The van der Waals surface area contributed by atoms with Crippen molar-refractivity contribution in [2.45, 2.75) is 19.1 Å². The number of benzene rings is 1. The number of rotatable bonds is 4. The average Bonchev–Trinajstić information content (AvgIpc) is 2.22. The van der Waals surface area contributed by atoms with Gasteiger partial charge in [-0.3, -0.25) is 4.72 Å². The van der Waals surface area contributed by atoms with E-state index in [0.29, 0.717) is 5.69 Å². The van der Waals surface area contributed by atoms with Gasteiger partial charge in [0.05, 0.1) is 5.25 Å². The van der Waals surface area contributed by atoms with Gasteiger partial charge in [0.25, 0.3) is 0 Å². The van der Waals surface area contributed by atoms with E-state index in [9.17, 15) is 8.42 Å². The van der Waals surface area contributed by atoms with Crippen molar-refractivity contribution in [1.29, 1.82) is 0 Å². The predicted molar refractivity (Wildman–Crippen MR) is 69.9 cm³/mol. The SMILES string of the molecule is Cc1ccc(NS(=O)(=O)C(C)CN)cc1Br. The van der Waals surface area contributed by atoms with Crippen LogP contribution in [0.2, 0.25) is 0 Å². The standard InChI is InChI=1S/C10H15BrN2O2S/c1-7-3-4-9(5-10(7)11)13-16(14,15)8(2)6-12/h3-5,8,13H,6,12H2,1-2H3. The van der Waals surface area contributed by atoms with Gasteiger partial charge in [0, 0.05) is 16.7 Å². The van der Waals surface area contributed by atoms with Crippen LogP contribution in [-0.4, -0.2) is 20.2 Å². The van der Waals surface area contributed by atoms with E-state index >= 15 is 0 Å². The van der Waals surface area contributed by atoms with Gasteiger partial charge in [0.15, 0.2) is 0 Å². The van der Waals surface area contributed by atoms with Gasteiger partial charge in [-0.15, -0.1) is 0 Å². The Hall–Kier alpha value is -0.590. The van der Waals surface area contributed by atoms with E-state index in [1.165, 1.54) is 0 Å². The maximum Gasteiger partial charge on any atom is 0.236 e. The van der Waals surface area contributed by atoms with Crippen LogP contribution in [0.1, 0.15) is 12.5 Å². The van der Waals surface area contributed by atoms with Gasteiger partial charge in [-0.1, -0.05) is 22.0 Å². The predicted octanol–water partition coefficient (Wildman–Crippen LogP) is 1.85. The molecular weight excluding hydrogens is 292 g/mol. The van der Waals surface area contributed by atoms with Crippen molar-refractivity contribution in [2.75, 3.05) is 11.3 Å². The Labute approximate surface area is 104 Å². The van der Waals surface area contributed by atoms with Crippen LogP contribution in [0.5, 0.6) is 0 Å². The molecule has 90 valence electrons.